The summed E-state index contributed by atoms with van der Waals surface area (Å²) in [5.74, 6) is 0. The monoisotopic (exact) mass is 332 g/mol. The first-order valence-electron chi connectivity index (χ1n) is 6.52. The molecule has 0 bridgehead atoms. The highest BCUT2D eigenvalue weighted by Crippen LogP contribution is 2.32. The molecule has 0 aliphatic carbocycles. The molecule has 1 heterocycles. The molecule has 104 valence electrons. The number of hydrogen-bond donors (Lipinski definition) is 1. The van der Waals surface area contributed by atoms with Crippen molar-refractivity contribution in [1.29, 1.82) is 5.26 Å². The average molecular weight is 333 g/mol. The molecule has 0 saturated heterocycles. The van der Waals surface area contributed by atoms with Crippen molar-refractivity contribution in [1.82, 2.24) is 4.98 Å². The molecule has 0 saturated carbocycles. The number of nitriles is 1. The molecular formula is C15H17BrN4. The molecule has 2 N–H and O–H groups in total. The predicted molar refractivity (Wildman–Crippen MR) is 86.6 cm³/mol. The molecule has 0 aliphatic heterocycles. The van der Waals surface area contributed by atoms with Crippen molar-refractivity contribution in [2.75, 3.05) is 17.2 Å². The molecule has 1 aromatic heterocycles. The number of fused-ring (bicyclic) bond motifs is 1. The smallest absolute Gasteiger partial charge is 0.0956 e. The van der Waals surface area contributed by atoms with Gasteiger partial charge in [0.15, 0.2) is 0 Å². The Bertz CT molecular complexity index is 661. The van der Waals surface area contributed by atoms with Crippen molar-refractivity contribution >= 4 is 38.2 Å². The molecular weight excluding hydrogens is 316 g/mol. The standard InChI is InChI=1S/C15H17BrN4/c1-10(2)20(7-3-6-17)14-5-4-13(18)12-8-11(16)9-19-15(12)14/h4-5,8-10H,3,7,18H2,1-2H3. The lowest BCUT2D eigenvalue weighted by Gasteiger charge is -2.29. The third kappa shape index (κ3) is 2.86. The Morgan fingerprint density at radius 2 is 2.20 bits per heavy atom. The number of halogens is 1. The number of hydrogen-bond acceptors (Lipinski definition) is 4. The molecule has 2 aromatic rings. The van der Waals surface area contributed by atoms with E-state index >= 15 is 0 Å². The minimum Gasteiger partial charge on any atom is -0.398 e. The number of nitrogen functional groups attached to an aromatic ring is 1. The highest BCUT2D eigenvalue weighted by molar-refractivity contribution is 9.10. The van der Waals surface area contributed by atoms with Gasteiger partial charge in [-0.2, -0.15) is 5.26 Å². The lowest BCUT2D eigenvalue weighted by Crippen LogP contribution is -2.31. The first-order chi connectivity index (χ1) is 9.54. The first-order valence-corrected chi connectivity index (χ1v) is 7.31. The van der Waals surface area contributed by atoms with E-state index in [1.807, 2.05) is 18.2 Å². The zero-order valence-electron chi connectivity index (χ0n) is 11.6. The lowest BCUT2D eigenvalue weighted by molar-refractivity contribution is 0.688. The molecule has 0 amide bonds. The number of nitrogens with zero attached hydrogens (tertiary/aromatic N) is 3. The number of anilines is 2. The molecule has 0 atom stereocenters. The van der Waals surface area contributed by atoms with E-state index < -0.39 is 0 Å². The summed E-state index contributed by atoms with van der Waals surface area (Å²) in [5.41, 5.74) is 8.64. The number of rotatable bonds is 4. The predicted octanol–water partition coefficient (Wildman–Crippen LogP) is 3.71. The van der Waals surface area contributed by atoms with Gasteiger partial charge in [0.05, 0.1) is 23.7 Å². The van der Waals surface area contributed by atoms with Crippen LogP contribution >= 0.6 is 15.9 Å². The lowest BCUT2D eigenvalue weighted by atomic mass is 10.1. The van der Waals surface area contributed by atoms with Crippen molar-refractivity contribution in [2.24, 2.45) is 0 Å². The van der Waals surface area contributed by atoms with Crippen LogP contribution in [0, 0.1) is 11.3 Å². The molecule has 0 spiro atoms. The highest BCUT2D eigenvalue weighted by Gasteiger charge is 2.15. The van der Waals surface area contributed by atoms with Crippen LogP contribution < -0.4 is 10.6 Å². The van der Waals surface area contributed by atoms with Crippen LogP contribution in [0.5, 0.6) is 0 Å². The first kappa shape index (κ1) is 14.6. The third-order valence-corrected chi connectivity index (χ3v) is 3.66. The van der Waals surface area contributed by atoms with Crippen LogP contribution in [-0.4, -0.2) is 17.6 Å². The Balaban J connectivity index is 2.58. The van der Waals surface area contributed by atoms with Gasteiger partial charge in [0.1, 0.15) is 0 Å². The Hall–Kier alpha value is -1.80. The molecule has 2 rings (SSSR count). The van der Waals surface area contributed by atoms with Gasteiger partial charge in [-0.05, 0) is 48.0 Å². The summed E-state index contributed by atoms with van der Waals surface area (Å²) in [5, 5.41) is 9.75. The van der Waals surface area contributed by atoms with Crippen LogP contribution in [0.4, 0.5) is 11.4 Å². The number of pyridine rings is 1. The highest BCUT2D eigenvalue weighted by atomic mass is 79.9. The zero-order chi connectivity index (χ0) is 14.7. The molecule has 0 unspecified atom stereocenters. The molecule has 0 radical (unpaired) electrons. The van der Waals surface area contributed by atoms with Gasteiger partial charge in [-0.25, -0.2) is 0 Å². The fraction of sp³-hybridized carbons (Fsp3) is 0.333. The van der Waals surface area contributed by atoms with Crippen LogP contribution in [0.1, 0.15) is 20.3 Å². The number of benzene rings is 1. The number of aromatic nitrogens is 1. The second kappa shape index (κ2) is 6.10. The van der Waals surface area contributed by atoms with E-state index in [0.29, 0.717) is 24.7 Å². The van der Waals surface area contributed by atoms with E-state index in [1.54, 1.807) is 6.20 Å². The van der Waals surface area contributed by atoms with Crippen molar-refractivity contribution < 1.29 is 0 Å². The topological polar surface area (TPSA) is 65.9 Å². The van der Waals surface area contributed by atoms with Crippen LogP contribution in [0.25, 0.3) is 10.9 Å². The van der Waals surface area contributed by atoms with Gasteiger partial charge in [0.2, 0.25) is 0 Å². The van der Waals surface area contributed by atoms with Gasteiger partial charge >= 0.3 is 0 Å². The fourth-order valence-electron chi connectivity index (χ4n) is 2.26. The quantitative estimate of drug-likeness (QED) is 0.866. The molecule has 20 heavy (non-hydrogen) atoms. The second-order valence-corrected chi connectivity index (χ2v) is 5.83. The summed E-state index contributed by atoms with van der Waals surface area (Å²) < 4.78 is 0.905. The van der Waals surface area contributed by atoms with Crippen molar-refractivity contribution in [3.8, 4) is 6.07 Å². The fourth-order valence-corrected chi connectivity index (χ4v) is 2.59. The maximum absolute atomic E-state index is 8.82. The van der Waals surface area contributed by atoms with Crippen molar-refractivity contribution in [3.63, 3.8) is 0 Å². The third-order valence-electron chi connectivity index (χ3n) is 3.23. The van der Waals surface area contributed by atoms with Crippen LogP contribution in [0.15, 0.2) is 28.9 Å². The normalized spacial score (nSPS) is 10.8. The molecule has 4 nitrogen and oxygen atoms in total. The van der Waals surface area contributed by atoms with E-state index in [1.165, 1.54) is 0 Å². The van der Waals surface area contributed by atoms with Crippen LogP contribution in [0.2, 0.25) is 0 Å². The summed E-state index contributed by atoms with van der Waals surface area (Å²) in [4.78, 5) is 6.69. The van der Waals surface area contributed by atoms with Gasteiger partial charge in [-0.3, -0.25) is 4.98 Å². The van der Waals surface area contributed by atoms with Gasteiger partial charge in [0, 0.05) is 34.3 Å². The molecule has 0 aliphatic rings. The zero-order valence-corrected chi connectivity index (χ0v) is 13.2. The van der Waals surface area contributed by atoms with Crippen LogP contribution in [-0.2, 0) is 0 Å². The van der Waals surface area contributed by atoms with Gasteiger partial charge in [-0.15, -0.1) is 0 Å². The average Bonchev–Trinajstić information content (AvgIpc) is 2.41. The van der Waals surface area contributed by atoms with E-state index in [-0.39, 0.29) is 0 Å². The Kier molecular flexibility index (Phi) is 4.46. The summed E-state index contributed by atoms with van der Waals surface area (Å²) in [6.07, 6.45) is 2.26. The minimum absolute atomic E-state index is 0.292. The summed E-state index contributed by atoms with van der Waals surface area (Å²) >= 11 is 3.42. The van der Waals surface area contributed by atoms with E-state index in [4.69, 9.17) is 11.0 Å². The molecule has 5 heteroatoms. The largest absolute Gasteiger partial charge is 0.398 e. The van der Waals surface area contributed by atoms with E-state index in [9.17, 15) is 0 Å². The van der Waals surface area contributed by atoms with Gasteiger partial charge in [-0.1, -0.05) is 0 Å². The summed E-state index contributed by atoms with van der Waals surface area (Å²) in [6.45, 7) is 4.90. The second-order valence-electron chi connectivity index (χ2n) is 4.92. The van der Waals surface area contributed by atoms with Crippen molar-refractivity contribution in [3.05, 3.63) is 28.9 Å². The van der Waals surface area contributed by atoms with Gasteiger partial charge < -0.3 is 10.6 Å². The van der Waals surface area contributed by atoms with Crippen LogP contribution in [0.3, 0.4) is 0 Å². The van der Waals surface area contributed by atoms with Crippen molar-refractivity contribution in [2.45, 2.75) is 26.3 Å². The summed E-state index contributed by atoms with van der Waals surface area (Å²) in [7, 11) is 0. The van der Waals surface area contributed by atoms with Gasteiger partial charge in [0.25, 0.3) is 0 Å². The Morgan fingerprint density at radius 3 is 2.85 bits per heavy atom. The van der Waals surface area contributed by atoms with E-state index in [0.717, 1.165) is 21.1 Å². The Labute approximate surface area is 127 Å². The maximum Gasteiger partial charge on any atom is 0.0956 e. The maximum atomic E-state index is 8.82. The minimum atomic E-state index is 0.292. The van der Waals surface area contributed by atoms with E-state index in [2.05, 4.69) is 45.7 Å². The SMILES string of the molecule is CC(C)N(CCC#N)c1ccc(N)c2cc(Br)cnc12. The summed E-state index contributed by atoms with van der Waals surface area (Å²) in [6, 6.07) is 8.34. The number of nitrogens with two attached hydrogens (primary N) is 1. The molecule has 1 aromatic carbocycles. The Morgan fingerprint density at radius 1 is 1.45 bits per heavy atom. The molecule has 0 fully saturated rings.